The third-order valence-electron chi connectivity index (χ3n) is 5.17. The molecule has 31 heavy (non-hydrogen) atoms. The Balaban J connectivity index is 1.71. The average Bonchev–Trinajstić information content (AvgIpc) is 3.01. The van der Waals surface area contributed by atoms with E-state index in [0.717, 1.165) is 4.70 Å². The molecular formula is C20H16ClF3N6S. The molecule has 11 heteroatoms. The zero-order valence-corrected chi connectivity index (χ0v) is 17.6. The number of nitrogens with two attached hydrogens (primary N) is 1. The SMILES string of the molecule is Nc1nc2c(-c3c(Cl)cc4c(N5CCNCC(F)(F)C5)ncnc4c3F)cccc2s1. The van der Waals surface area contributed by atoms with Gasteiger partial charge in [-0.1, -0.05) is 35.1 Å². The van der Waals surface area contributed by atoms with Crippen molar-refractivity contribution in [3.63, 3.8) is 0 Å². The molecule has 2 aromatic heterocycles. The summed E-state index contributed by atoms with van der Waals surface area (Å²) in [6, 6.07) is 6.84. The minimum atomic E-state index is -2.95. The van der Waals surface area contributed by atoms with E-state index >= 15 is 4.39 Å². The van der Waals surface area contributed by atoms with Crippen molar-refractivity contribution in [1.82, 2.24) is 20.3 Å². The number of para-hydroxylation sites is 1. The van der Waals surface area contributed by atoms with Gasteiger partial charge in [-0.2, -0.15) is 0 Å². The van der Waals surface area contributed by atoms with Crippen molar-refractivity contribution in [2.24, 2.45) is 0 Å². The van der Waals surface area contributed by atoms with Crippen LogP contribution in [0.25, 0.3) is 32.2 Å². The third-order valence-corrected chi connectivity index (χ3v) is 6.32. The maximum absolute atomic E-state index is 15.7. The highest BCUT2D eigenvalue weighted by atomic mass is 35.5. The molecule has 0 bridgehead atoms. The number of thiazole rings is 1. The summed E-state index contributed by atoms with van der Waals surface area (Å²) in [6.07, 6.45) is 1.18. The normalized spacial score (nSPS) is 16.7. The Labute approximate surface area is 183 Å². The summed E-state index contributed by atoms with van der Waals surface area (Å²) in [5.74, 6) is -3.39. The Morgan fingerprint density at radius 1 is 1.23 bits per heavy atom. The Morgan fingerprint density at radius 3 is 2.90 bits per heavy atom. The molecule has 1 aliphatic heterocycles. The number of hydrogen-bond donors (Lipinski definition) is 2. The van der Waals surface area contributed by atoms with Crippen LogP contribution < -0.4 is 16.0 Å². The van der Waals surface area contributed by atoms with Gasteiger partial charge in [0, 0.05) is 29.6 Å². The van der Waals surface area contributed by atoms with Gasteiger partial charge in [-0.3, -0.25) is 0 Å². The zero-order valence-electron chi connectivity index (χ0n) is 16.0. The fourth-order valence-corrected chi connectivity index (χ4v) is 4.92. The molecule has 5 rings (SSSR count). The molecule has 4 aromatic rings. The lowest BCUT2D eigenvalue weighted by Crippen LogP contribution is -2.39. The van der Waals surface area contributed by atoms with Crippen LogP contribution >= 0.6 is 22.9 Å². The topological polar surface area (TPSA) is 80.0 Å². The largest absolute Gasteiger partial charge is 0.375 e. The Kier molecular flexibility index (Phi) is 4.87. The minimum Gasteiger partial charge on any atom is -0.375 e. The number of aromatic nitrogens is 3. The second kappa shape index (κ2) is 7.47. The molecule has 1 saturated heterocycles. The van der Waals surface area contributed by atoms with Crippen LogP contribution in [0.2, 0.25) is 5.02 Å². The Hall–Kier alpha value is -2.69. The molecule has 0 atom stereocenters. The maximum Gasteiger partial charge on any atom is 0.277 e. The lowest BCUT2D eigenvalue weighted by Gasteiger charge is -2.25. The molecule has 0 aliphatic carbocycles. The standard InChI is InChI=1S/C20H16ClF3N6S/c21-12-6-11-17(27-9-28-18(11)30-5-4-26-7-20(23,24)8-30)15(22)14(12)10-2-1-3-13-16(10)29-19(25)31-13/h1-3,6,9,26H,4-5,7-8H2,(H2,25,29). The smallest absolute Gasteiger partial charge is 0.277 e. The average molecular weight is 465 g/mol. The third kappa shape index (κ3) is 3.54. The van der Waals surface area contributed by atoms with Crippen LogP contribution in [0.5, 0.6) is 0 Å². The number of fused-ring (bicyclic) bond motifs is 2. The van der Waals surface area contributed by atoms with E-state index in [1.165, 1.54) is 28.6 Å². The summed E-state index contributed by atoms with van der Waals surface area (Å²) in [5.41, 5.74) is 7.00. The van der Waals surface area contributed by atoms with Gasteiger partial charge < -0.3 is 16.0 Å². The van der Waals surface area contributed by atoms with Crippen LogP contribution in [0.1, 0.15) is 0 Å². The zero-order chi connectivity index (χ0) is 21.8. The molecular weight excluding hydrogens is 449 g/mol. The summed E-state index contributed by atoms with van der Waals surface area (Å²) in [5, 5.41) is 3.45. The van der Waals surface area contributed by atoms with Gasteiger partial charge in [0.1, 0.15) is 17.7 Å². The second-order valence-electron chi connectivity index (χ2n) is 7.30. The predicted molar refractivity (Wildman–Crippen MR) is 118 cm³/mol. The summed E-state index contributed by atoms with van der Waals surface area (Å²) >= 11 is 7.81. The number of hydrogen-bond acceptors (Lipinski definition) is 7. The van der Waals surface area contributed by atoms with E-state index < -0.39 is 24.8 Å². The number of nitrogens with zero attached hydrogens (tertiary/aromatic N) is 4. The molecule has 3 N–H and O–H groups in total. The van der Waals surface area contributed by atoms with Gasteiger partial charge in [0.05, 0.1) is 28.3 Å². The first-order chi connectivity index (χ1) is 14.8. The van der Waals surface area contributed by atoms with E-state index in [1.807, 2.05) is 6.07 Å². The monoisotopic (exact) mass is 464 g/mol. The molecule has 0 spiro atoms. The molecule has 1 aliphatic rings. The van der Waals surface area contributed by atoms with Gasteiger partial charge in [-0.15, -0.1) is 0 Å². The van der Waals surface area contributed by atoms with Crippen LogP contribution in [-0.2, 0) is 0 Å². The van der Waals surface area contributed by atoms with E-state index in [0.29, 0.717) is 29.3 Å². The van der Waals surface area contributed by atoms with Crippen molar-refractivity contribution in [3.05, 3.63) is 41.4 Å². The molecule has 3 heterocycles. The molecule has 160 valence electrons. The highest BCUT2D eigenvalue weighted by Gasteiger charge is 2.35. The molecule has 6 nitrogen and oxygen atoms in total. The van der Waals surface area contributed by atoms with Crippen LogP contribution in [0.15, 0.2) is 30.6 Å². The van der Waals surface area contributed by atoms with Crippen molar-refractivity contribution in [1.29, 1.82) is 0 Å². The predicted octanol–water partition coefficient (Wildman–Crippen LogP) is 4.33. The quantitative estimate of drug-likeness (QED) is 0.460. The van der Waals surface area contributed by atoms with Gasteiger partial charge in [0.2, 0.25) is 0 Å². The van der Waals surface area contributed by atoms with Gasteiger partial charge in [0.15, 0.2) is 10.9 Å². The van der Waals surface area contributed by atoms with Gasteiger partial charge in [-0.25, -0.2) is 28.1 Å². The van der Waals surface area contributed by atoms with Crippen molar-refractivity contribution in [2.45, 2.75) is 5.92 Å². The van der Waals surface area contributed by atoms with Crippen molar-refractivity contribution in [2.75, 3.05) is 36.8 Å². The molecule has 1 fully saturated rings. The molecule has 2 aromatic carbocycles. The highest BCUT2D eigenvalue weighted by molar-refractivity contribution is 7.22. The van der Waals surface area contributed by atoms with Crippen LogP contribution in [-0.4, -0.2) is 47.1 Å². The first-order valence-electron chi connectivity index (χ1n) is 9.46. The van der Waals surface area contributed by atoms with E-state index in [4.69, 9.17) is 17.3 Å². The highest BCUT2D eigenvalue weighted by Crippen LogP contribution is 2.41. The van der Waals surface area contributed by atoms with Crippen molar-refractivity contribution < 1.29 is 13.2 Å². The second-order valence-corrected chi connectivity index (χ2v) is 8.77. The molecule has 0 amide bonds. The van der Waals surface area contributed by atoms with Gasteiger partial charge in [0.25, 0.3) is 5.92 Å². The molecule has 0 saturated carbocycles. The summed E-state index contributed by atoms with van der Waals surface area (Å²) in [4.78, 5) is 14.0. The maximum atomic E-state index is 15.7. The molecule has 0 unspecified atom stereocenters. The number of nitrogens with one attached hydrogen (secondary N) is 1. The fourth-order valence-electron chi connectivity index (χ4n) is 3.86. The number of anilines is 2. The minimum absolute atomic E-state index is 0.00475. The number of nitrogen functional groups attached to an aromatic ring is 1. The Morgan fingerprint density at radius 2 is 2.06 bits per heavy atom. The number of alkyl halides is 2. The van der Waals surface area contributed by atoms with Gasteiger partial charge in [-0.05, 0) is 12.1 Å². The molecule has 0 radical (unpaired) electrons. The van der Waals surface area contributed by atoms with E-state index in [2.05, 4.69) is 20.3 Å². The van der Waals surface area contributed by atoms with Crippen molar-refractivity contribution in [3.8, 4) is 11.1 Å². The lowest BCUT2D eigenvalue weighted by atomic mass is 10.0. The van der Waals surface area contributed by atoms with Crippen LogP contribution in [0.3, 0.4) is 0 Å². The number of halogens is 4. The van der Waals surface area contributed by atoms with Crippen LogP contribution in [0, 0.1) is 5.82 Å². The van der Waals surface area contributed by atoms with Crippen LogP contribution in [0.4, 0.5) is 24.1 Å². The summed E-state index contributed by atoms with van der Waals surface area (Å²) in [6.45, 7) is -0.320. The van der Waals surface area contributed by atoms with Gasteiger partial charge >= 0.3 is 0 Å². The van der Waals surface area contributed by atoms with E-state index in [1.54, 1.807) is 12.1 Å². The summed E-state index contributed by atoms with van der Waals surface area (Å²) in [7, 11) is 0. The number of benzene rings is 2. The van der Waals surface area contributed by atoms with Crippen molar-refractivity contribution >= 4 is 55.0 Å². The fraction of sp³-hybridized carbons (Fsp3) is 0.250. The lowest BCUT2D eigenvalue weighted by molar-refractivity contribution is 0.0156. The van der Waals surface area contributed by atoms with E-state index in [9.17, 15) is 8.78 Å². The first kappa shape index (κ1) is 20.2. The summed E-state index contributed by atoms with van der Waals surface area (Å²) < 4.78 is 44.8. The number of rotatable bonds is 2. The first-order valence-corrected chi connectivity index (χ1v) is 10.6. The Bertz CT molecular complexity index is 1310. The van der Waals surface area contributed by atoms with E-state index in [-0.39, 0.29) is 27.3 Å².